The Labute approximate surface area is 125 Å². The van der Waals surface area contributed by atoms with Crippen molar-refractivity contribution >= 4 is 0 Å². The van der Waals surface area contributed by atoms with Gasteiger partial charge in [-0.3, -0.25) is 4.90 Å². The van der Waals surface area contributed by atoms with Crippen molar-refractivity contribution in [3.05, 3.63) is 0 Å². The fourth-order valence-corrected chi connectivity index (χ4v) is 3.70. The molecule has 3 heteroatoms. The molecule has 2 aliphatic rings. The van der Waals surface area contributed by atoms with Crippen molar-refractivity contribution in [3.63, 3.8) is 0 Å². The van der Waals surface area contributed by atoms with Crippen molar-refractivity contribution in [1.82, 2.24) is 10.2 Å². The zero-order valence-corrected chi connectivity index (χ0v) is 14.0. The molecule has 1 heterocycles. The van der Waals surface area contributed by atoms with E-state index in [2.05, 4.69) is 31.0 Å². The number of nitrogens with zero attached hydrogens (tertiary/aromatic N) is 1. The maximum absolute atomic E-state index is 5.14. The highest BCUT2D eigenvalue weighted by molar-refractivity contribution is 5.04. The first-order valence-electron chi connectivity index (χ1n) is 8.55. The maximum Gasteiger partial charge on any atom is 0.0462 e. The first kappa shape index (κ1) is 16.3. The molecule has 0 amide bonds. The third-order valence-electron chi connectivity index (χ3n) is 5.26. The van der Waals surface area contributed by atoms with E-state index in [-0.39, 0.29) is 0 Å². The Bertz CT molecular complexity index is 291. The Morgan fingerprint density at radius 3 is 2.60 bits per heavy atom. The minimum atomic E-state index is 0.373. The molecule has 1 N–H and O–H groups in total. The largest absolute Gasteiger partial charge is 0.385 e. The summed E-state index contributed by atoms with van der Waals surface area (Å²) < 4.78 is 5.14. The van der Waals surface area contributed by atoms with Crippen LogP contribution in [-0.2, 0) is 4.74 Å². The van der Waals surface area contributed by atoms with Gasteiger partial charge in [-0.25, -0.2) is 0 Å². The molecular weight excluding hydrogens is 248 g/mol. The van der Waals surface area contributed by atoms with Gasteiger partial charge in [0.05, 0.1) is 0 Å². The summed E-state index contributed by atoms with van der Waals surface area (Å²) in [6.45, 7) is 11.8. The molecule has 1 aliphatic carbocycles. The van der Waals surface area contributed by atoms with E-state index >= 15 is 0 Å². The lowest BCUT2D eigenvalue weighted by atomic mass is 9.88. The molecule has 0 aromatic rings. The smallest absolute Gasteiger partial charge is 0.0462 e. The second-order valence-corrected chi connectivity index (χ2v) is 7.41. The molecule has 0 aromatic carbocycles. The molecule has 3 nitrogen and oxygen atoms in total. The van der Waals surface area contributed by atoms with Crippen LogP contribution in [0.3, 0.4) is 0 Å². The minimum Gasteiger partial charge on any atom is -0.385 e. The van der Waals surface area contributed by atoms with Crippen LogP contribution in [0.1, 0.15) is 52.9 Å². The molecule has 118 valence electrons. The Kier molecular flexibility index (Phi) is 5.88. The SMILES string of the molecule is COCCCCCN1CC(C)(C2CC2)NCC1C(C)C. The number of unbranched alkanes of at least 4 members (excludes halogenated alkanes) is 2. The lowest BCUT2D eigenvalue weighted by molar-refractivity contribution is 0.0506. The fraction of sp³-hybridized carbons (Fsp3) is 1.00. The molecule has 2 rings (SSSR count). The normalized spacial score (nSPS) is 31.9. The van der Waals surface area contributed by atoms with E-state index in [0.717, 1.165) is 18.4 Å². The van der Waals surface area contributed by atoms with Gasteiger partial charge in [0.25, 0.3) is 0 Å². The van der Waals surface area contributed by atoms with Gasteiger partial charge in [-0.2, -0.15) is 0 Å². The summed E-state index contributed by atoms with van der Waals surface area (Å²) in [5.41, 5.74) is 0.373. The Hall–Kier alpha value is -0.120. The monoisotopic (exact) mass is 282 g/mol. The van der Waals surface area contributed by atoms with E-state index in [1.54, 1.807) is 7.11 Å². The number of hydrogen-bond acceptors (Lipinski definition) is 3. The molecule has 0 aromatic heterocycles. The van der Waals surface area contributed by atoms with Crippen LogP contribution in [0.25, 0.3) is 0 Å². The first-order chi connectivity index (χ1) is 9.57. The van der Waals surface area contributed by atoms with Crippen LogP contribution in [-0.4, -0.2) is 49.8 Å². The third-order valence-corrected chi connectivity index (χ3v) is 5.26. The van der Waals surface area contributed by atoms with Crippen LogP contribution in [0.5, 0.6) is 0 Å². The predicted octanol–water partition coefficient (Wildman–Crippen LogP) is 2.90. The predicted molar refractivity (Wildman–Crippen MR) is 85.1 cm³/mol. The number of nitrogens with one attached hydrogen (secondary N) is 1. The topological polar surface area (TPSA) is 24.5 Å². The average molecular weight is 282 g/mol. The first-order valence-corrected chi connectivity index (χ1v) is 8.55. The summed E-state index contributed by atoms with van der Waals surface area (Å²) in [4.78, 5) is 2.77. The van der Waals surface area contributed by atoms with Gasteiger partial charge in [-0.1, -0.05) is 13.8 Å². The molecule has 2 unspecified atom stereocenters. The van der Waals surface area contributed by atoms with Crippen LogP contribution < -0.4 is 5.32 Å². The van der Waals surface area contributed by atoms with Gasteiger partial charge in [-0.05, 0) is 57.4 Å². The Morgan fingerprint density at radius 1 is 1.25 bits per heavy atom. The van der Waals surface area contributed by atoms with E-state index < -0.39 is 0 Å². The molecule has 1 aliphatic heterocycles. The molecule has 2 fully saturated rings. The second kappa shape index (κ2) is 7.24. The summed E-state index contributed by atoms with van der Waals surface area (Å²) in [5, 5.41) is 3.87. The van der Waals surface area contributed by atoms with E-state index in [1.807, 2.05) is 0 Å². The summed E-state index contributed by atoms with van der Waals surface area (Å²) in [6, 6.07) is 0.712. The second-order valence-electron chi connectivity index (χ2n) is 7.41. The van der Waals surface area contributed by atoms with Crippen LogP contribution in [0.4, 0.5) is 0 Å². The lowest BCUT2D eigenvalue weighted by Gasteiger charge is -2.48. The number of methoxy groups -OCH3 is 1. The van der Waals surface area contributed by atoms with Crippen LogP contribution in [0.15, 0.2) is 0 Å². The van der Waals surface area contributed by atoms with Gasteiger partial charge in [0.15, 0.2) is 0 Å². The summed E-state index contributed by atoms with van der Waals surface area (Å²) in [6.07, 6.45) is 6.67. The molecule has 0 spiro atoms. The van der Waals surface area contributed by atoms with Gasteiger partial charge in [0, 0.05) is 38.4 Å². The maximum atomic E-state index is 5.14. The zero-order valence-electron chi connectivity index (χ0n) is 14.0. The summed E-state index contributed by atoms with van der Waals surface area (Å²) >= 11 is 0. The number of rotatable bonds is 8. The van der Waals surface area contributed by atoms with E-state index in [1.165, 1.54) is 51.7 Å². The Morgan fingerprint density at radius 2 is 2.00 bits per heavy atom. The van der Waals surface area contributed by atoms with E-state index in [0.29, 0.717) is 11.6 Å². The van der Waals surface area contributed by atoms with Crippen molar-refractivity contribution in [2.24, 2.45) is 11.8 Å². The summed E-state index contributed by atoms with van der Waals surface area (Å²) in [7, 11) is 1.80. The number of hydrogen-bond donors (Lipinski definition) is 1. The van der Waals surface area contributed by atoms with Gasteiger partial charge in [0.1, 0.15) is 0 Å². The van der Waals surface area contributed by atoms with Crippen molar-refractivity contribution in [1.29, 1.82) is 0 Å². The quantitative estimate of drug-likeness (QED) is 0.693. The standard InChI is InChI=1S/C17H34N2O/c1-14(2)16-12-18-17(3,15-8-9-15)13-19(16)10-6-5-7-11-20-4/h14-16,18H,5-13H2,1-4H3. The highest BCUT2D eigenvalue weighted by Crippen LogP contribution is 2.41. The molecule has 0 radical (unpaired) electrons. The van der Waals surface area contributed by atoms with Gasteiger partial charge < -0.3 is 10.1 Å². The minimum absolute atomic E-state index is 0.373. The molecule has 1 saturated heterocycles. The van der Waals surface area contributed by atoms with E-state index in [9.17, 15) is 0 Å². The fourth-order valence-electron chi connectivity index (χ4n) is 3.70. The van der Waals surface area contributed by atoms with Gasteiger partial charge in [-0.15, -0.1) is 0 Å². The highest BCUT2D eigenvalue weighted by Gasteiger charge is 2.46. The van der Waals surface area contributed by atoms with Gasteiger partial charge >= 0.3 is 0 Å². The third kappa shape index (κ3) is 4.19. The lowest BCUT2D eigenvalue weighted by Crippen LogP contribution is -2.65. The highest BCUT2D eigenvalue weighted by atomic mass is 16.5. The van der Waals surface area contributed by atoms with Crippen molar-refractivity contribution in [3.8, 4) is 0 Å². The van der Waals surface area contributed by atoms with Crippen molar-refractivity contribution in [2.45, 2.75) is 64.5 Å². The van der Waals surface area contributed by atoms with Crippen LogP contribution in [0, 0.1) is 11.8 Å². The van der Waals surface area contributed by atoms with Crippen LogP contribution >= 0.6 is 0 Å². The molecule has 1 saturated carbocycles. The van der Waals surface area contributed by atoms with E-state index in [4.69, 9.17) is 4.74 Å². The molecule has 20 heavy (non-hydrogen) atoms. The number of ether oxygens (including phenoxy) is 1. The zero-order chi connectivity index (χ0) is 14.6. The van der Waals surface area contributed by atoms with Crippen molar-refractivity contribution < 1.29 is 4.74 Å². The van der Waals surface area contributed by atoms with Crippen molar-refractivity contribution in [2.75, 3.05) is 33.4 Å². The molecule has 2 atom stereocenters. The molecular formula is C17H34N2O. The number of piperazine rings is 1. The Balaban J connectivity index is 1.83. The average Bonchev–Trinajstić information content (AvgIpc) is 3.23. The van der Waals surface area contributed by atoms with Crippen LogP contribution in [0.2, 0.25) is 0 Å². The molecule has 0 bridgehead atoms. The van der Waals surface area contributed by atoms with Gasteiger partial charge in [0.2, 0.25) is 0 Å². The summed E-state index contributed by atoms with van der Waals surface area (Å²) in [5.74, 6) is 1.66.